The SMILES string of the molecule is NC1(Cc2ccc([N+](=O)[O-])cc2Cl)CCS(=O)(=O)C1. The maximum atomic E-state index is 11.5. The van der Waals surface area contributed by atoms with Crippen LogP contribution in [0.3, 0.4) is 0 Å². The molecule has 0 spiro atoms. The molecule has 0 radical (unpaired) electrons. The number of non-ortho nitro benzene ring substituents is 1. The van der Waals surface area contributed by atoms with Crippen LogP contribution < -0.4 is 5.73 Å². The number of halogens is 1. The summed E-state index contributed by atoms with van der Waals surface area (Å²) in [6.45, 7) is 0. The average Bonchev–Trinajstić information content (AvgIpc) is 2.56. The molecule has 1 aliphatic heterocycles. The van der Waals surface area contributed by atoms with Crippen molar-refractivity contribution in [2.45, 2.75) is 18.4 Å². The molecule has 8 heteroatoms. The fraction of sp³-hybridized carbons (Fsp3) is 0.455. The lowest BCUT2D eigenvalue weighted by molar-refractivity contribution is -0.384. The van der Waals surface area contributed by atoms with Gasteiger partial charge in [-0.3, -0.25) is 10.1 Å². The molecule has 0 aliphatic carbocycles. The molecule has 19 heavy (non-hydrogen) atoms. The molecular formula is C11H13ClN2O4S. The van der Waals surface area contributed by atoms with Crippen LogP contribution in [0, 0.1) is 10.1 Å². The molecule has 1 aromatic carbocycles. The molecule has 1 atom stereocenters. The predicted molar refractivity (Wildman–Crippen MR) is 72.0 cm³/mol. The summed E-state index contributed by atoms with van der Waals surface area (Å²) >= 11 is 5.98. The zero-order chi connectivity index (χ0) is 14.3. The minimum atomic E-state index is -3.08. The monoisotopic (exact) mass is 304 g/mol. The van der Waals surface area contributed by atoms with Crippen LogP contribution in [0.15, 0.2) is 18.2 Å². The van der Waals surface area contributed by atoms with E-state index in [1.54, 1.807) is 0 Å². The molecule has 0 saturated carbocycles. The van der Waals surface area contributed by atoms with Crippen molar-refractivity contribution in [3.05, 3.63) is 38.9 Å². The van der Waals surface area contributed by atoms with Gasteiger partial charge < -0.3 is 5.73 Å². The van der Waals surface area contributed by atoms with E-state index in [1.165, 1.54) is 18.2 Å². The summed E-state index contributed by atoms with van der Waals surface area (Å²) in [4.78, 5) is 10.1. The van der Waals surface area contributed by atoms with Gasteiger partial charge in [-0.25, -0.2) is 8.42 Å². The quantitative estimate of drug-likeness (QED) is 0.669. The topological polar surface area (TPSA) is 103 Å². The van der Waals surface area contributed by atoms with Crippen LogP contribution in [0.1, 0.15) is 12.0 Å². The lowest BCUT2D eigenvalue weighted by atomic mass is 9.91. The van der Waals surface area contributed by atoms with E-state index in [0.29, 0.717) is 18.4 Å². The summed E-state index contributed by atoms with van der Waals surface area (Å²) in [6.07, 6.45) is 0.672. The van der Waals surface area contributed by atoms with Gasteiger partial charge in [0.05, 0.1) is 21.5 Å². The van der Waals surface area contributed by atoms with Gasteiger partial charge in [-0.1, -0.05) is 17.7 Å². The number of nitrogens with two attached hydrogens (primary N) is 1. The van der Waals surface area contributed by atoms with Crippen molar-refractivity contribution >= 4 is 27.1 Å². The van der Waals surface area contributed by atoms with Crippen molar-refractivity contribution < 1.29 is 13.3 Å². The zero-order valence-electron chi connectivity index (χ0n) is 10.0. The summed E-state index contributed by atoms with van der Waals surface area (Å²) in [5, 5.41) is 10.8. The van der Waals surface area contributed by atoms with Crippen LogP contribution in [0.2, 0.25) is 5.02 Å². The van der Waals surface area contributed by atoms with Gasteiger partial charge in [0.1, 0.15) is 0 Å². The minimum absolute atomic E-state index is 0.0761. The molecule has 1 aliphatic rings. The maximum absolute atomic E-state index is 11.5. The first-order valence-electron chi connectivity index (χ1n) is 5.63. The van der Waals surface area contributed by atoms with Gasteiger partial charge in [0.2, 0.25) is 0 Å². The number of sulfone groups is 1. The Morgan fingerprint density at radius 1 is 1.47 bits per heavy atom. The van der Waals surface area contributed by atoms with Gasteiger partial charge in [-0.15, -0.1) is 0 Å². The fourth-order valence-corrected chi connectivity index (χ4v) is 4.48. The first kappa shape index (κ1) is 14.2. The van der Waals surface area contributed by atoms with Crippen LogP contribution in [0.4, 0.5) is 5.69 Å². The smallest absolute Gasteiger partial charge is 0.270 e. The summed E-state index contributed by atoms with van der Waals surface area (Å²) in [6, 6.07) is 4.12. The van der Waals surface area contributed by atoms with Crippen LogP contribution in [0.25, 0.3) is 0 Å². The zero-order valence-corrected chi connectivity index (χ0v) is 11.6. The standard InChI is InChI=1S/C11H13ClN2O4S/c12-10-5-9(14(15)16)2-1-8(10)6-11(13)3-4-19(17,18)7-11/h1-2,5H,3-4,6-7,13H2. The second kappa shape index (κ2) is 4.73. The number of hydrogen-bond donors (Lipinski definition) is 1. The highest BCUT2D eigenvalue weighted by Gasteiger charge is 2.39. The summed E-state index contributed by atoms with van der Waals surface area (Å²) < 4.78 is 22.9. The van der Waals surface area contributed by atoms with Crippen LogP contribution in [-0.4, -0.2) is 30.4 Å². The molecular weight excluding hydrogens is 292 g/mol. The summed E-state index contributed by atoms with van der Waals surface area (Å²) in [5.74, 6) is 0.00141. The second-order valence-electron chi connectivity index (χ2n) is 4.91. The number of hydrogen-bond acceptors (Lipinski definition) is 5. The molecule has 6 nitrogen and oxygen atoms in total. The highest BCUT2D eigenvalue weighted by Crippen LogP contribution is 2.30. The average molecular weight is 305 g/mol. The third-order valence-electron chi connectivity index (χ3n) is 3.21. The Morgan fingerprint density at radius 3 is 2.63 bits per heavy atom. The molecule has 104 valence electrons. The number of benzene rings is 1. The van der Waals surface area contributed by atoms with E-state index < -0.39 is 20.3 Å². The Morgan fingerprint density at radius 2 is 2.16 bits per heavy atom. The van der Waals surface area contributed by atoms with Crippen LogP contribution >= 0.6 is 11.6 Å². The Labute approximate surface area is 115 Å². The largest absolute Gasteiger partial charge is 0.324 e. The molecule has 0 aromatic heterocycles. The maximum Gasteiger partial charge on any atom is 0.270 e. The van der Waals surface area contributed by atoms with Gasteiger partial charge in [0.15, 0.2) is 9.84 Å². The van der Waals surface area contributed by atoms with Crippen LogP contribution in [0.5, 0.6) is 0 Å². The van der Waals surface area contributed by atoms with Gasteiger partial charge in [-0.05, 0) is 18.4 Å². The van der Waals surface area contributed by atoms with Crippen molar-refractivity contribution in [1.82, 2.24) is 0 Å². The Kier molecular flexibility index (Phi) is 3.55. The minimum Gasteiger partial charge on any atom is -0.324 e. The number of nitro groups is 1. The highest BCUT2D eigenvalue weighted by molar-refractivity contribution is 7.91. The van der Waals surface area contributed by atoms with Crippen molar-refractivity contribution in [2.75, 3.05) is 11.5 Å². The third kappa shape index (κ3) is 3.23. The summed E-state index contributed by atoms with van der Waals surface area (Å²) in [7, 11) is -3.08. The van der Waals surface area contributed by atoms with Gasteiger partial charge >= 0.3 is 0 Å². The van der Waals surface area contributed by atoms with E-state index in [2.05, 4.69) is 0 Å². The Balaban J connectivity index is 2.23. The number of nitro benzene ring substituents is 1. The van der Waals surface area contributed by atoms with E-state index >= 15 is 0 Å². The highest BCUT2D eigenvalue weighted by atomic mass is 35.5. The second-order valence-corrected chi connectivity index (χ2v) is 7.51. The normalized spacial score (nSPS) is 25.4. The molecule has 1 fully saturated rings. The lowest BCUT2D eigenvalue weighted by Gasteiger charge is -2.22. The van der Waals surface area contributed by atoms with E-state index in [9.17, 15) is 18.5 Å². The predicted octanol–water partition coefficient (Wildman–Crippen LogP) is 1.31. The lowest BCUT2D eigenvalue weighted by Crippen LogP contribution is -2.43. The first-order chi connectivity index (χ1) is 8.71. The molecule has 2 rings (SSSR count). The molecule has 0 amide bonds. The van der Waals surface area contributed by atoms with E-state index in [-0.39, 0.29) is 22.2 Å². The van der Waals surface area contributed by atoms with Gasteiger partial charge in [-0.2, -0.15) is 0 Å². The van der Waals surface area contributed by atoms with Gasteiger partial charge in [0.25, 0.3) is 5.69 Å². The fourth-order valence-electron chi connectivity index (χ4n) is 2.25. The van der Waals surface area contributed by atoms with Crippen molar-refractivity contribution in [1.29, 1.82) is 0 Å². The molecule has 0 bridgehead atoms. The number of rotatable bonds is 3. The van der Waals surface area contributed by atoms with Gasteiger partial charge in [0, 0.05) is 17.7 Å². The van der Waals surface area contributed by atoms with Crippen LogP contribution in [-0.2, 0) is 16.3 Å². The van der Waals surface area contributed by atoms with E-state index in [1.807, 2.05) is 0 Å². The van der Waals surface area contributed by atoms with Crippen molar-refractivity contribution in [3.8, 4) is 0 Å². The molecule has 1 unspecified atom stereocenters. The Hall–Kier alpha value is -1.18. The molecule has 1 saturated heterocycles. The third-order valence-corrected chi connectivity index (χ3v) is 5.40. The first-order valence-corrected chi connectivity index (χ1v) is 7.83. The van der Waals surface area contributed by atoms with E-state index in [0.717, 1.165) is 0 Å². The summed E-state index contributed by atoms with van der Waals surface area (Å²) in [5.41, 5.74) is 5.76. The van der Waals surface area contributed by atoms with Crippen molar-refractivity contribution in [3.63, 3.8) is 0 Å². The molecule has 1 heterocycles. The van der Waals surface area contributed by atoms with Crippen molar-refractivity contribution in [2.24, 2.45) is 5.73 Å². The Bertz CT molecular complexity index is 632. The molecule has 2 N–H and O–H groups in total. The number of nitrogens with zero attached hydrogens (tertiary/aromatic N) is 1. The molecule has 1 aromatic rings. The van der Waals surface area contributed by atoms with E-state index in [4.69, 9.17) is 17.3 Å².